The van der Waals surface area contributed by atoms with Crippen molar-refractivity contribution in [3.05, 3.63) is 46.3 Å². The summed E-state index contributed by atoms with van der Waals surface area (Å²) >= 11 is 1.15. The fourth-order valence-electron chi connectivity index (χ4n) is 4.20. The normalized spacial score (nSPS) is 18.6. The van der Waals surface area contributed by atoms with Crippen molar-refractivity contribution in [2.75, 3.05) is 44.2 Å². The molecule has 1 aromatic carbocycles. The van der Waals surface area contributed by atoms with Gasteiger partial charge in [0.1, 0.15) is 4.21 Å². The van der Waals surface area contributed by atoms with E-state index >= 15 is 0 Å². The second-order valence-corrected chi connectivity index (χ2v) is 11.3. The summed E-state index contributed by atoms with van der Waals surface area (Å²) in [7, 11) is -3.57. The molecule has 2 saturated heterocycles. The summed E-state index contributed by atoms with van der Waals surface area (Å²) in [5, 5.41) is 1.69. The van der Waals surface area contributed by atoms with Crippen molar-refractivity contribution in [2.24, 2.45) is 0 Å². The largest absolute Gasteiger partial charge is 0.369 e. The Labute approximate surface area is 183 Å². The minimum absolute atomic E-state index is 0.0489. The van der Waals surface area contributed by atoms with Gasteiger partial charge in [0.25, 0.3) is 15.9 Å². The third-order valence-corrected chi connectivity index (χ3v) is 9.32. The Hall–Kier alpha value is -1.90. The summed E-state index contributed by atoms with van der Waals surface area (Å²) in [6.07, 6.45) is 3.19. The van der Waals surface area contributed by atoms with Crippen molar-refractivity contribution in [1.82, 2.24) is 9.21 Å². The summed E-state index contributed by atoms with van der Waals surface area (Å²) in [6, 6.07) is 7.94. The topological polar surface area (TPSA) is 60.9 Å². The van der Waals surface area contributed by atoms with Gasteiger partial charge in [-0.2, -0.15) is 4.31 Å². The molecule has 0 saturated carbocycles. The van der Waals surface area contributed by atoms with E-state index in [4.69, 9.17) is 0 Å². The number of hydrogen-bond donors (Lipinski definition) is 0. The molecule has 0 N–H and O–H groups in total. The summed E-state index contributed by atoms with van der Waals surface area (Å²) in [6.45, 7) is 7.90. The van der Waals surface area contributed by atoms with Crippen molar-refractivity contribution in [3.8, 4) is 0 Å². The Morgan fingerprint density at radius 3 is 2.33 bits per heavy atom. The first-order valence-corrected chi connectivity index (χ1v) is 12.9. The SMILES string of the molecule is Cc1ccc(C)c(N2CCN(S(=O)(=O)c3cc(C(=O)N4CCCCC4)cs3)CC2)c1. The summed E-state index contributed by atoms with van der Waals surface area (Å²) in [5.41, 5.74) is 4.08. The number of sulfonamides is 1. The van der Waals surface area contributed by atoms with Gasteiger partial charge in [-0.05, 0) is 56.4 Å². The Morgan fingerprint density at radius 1 is 0.933 bits per heavy atom. The van der Waals surface area contributed by atoms with E-state index < -0.39 is 10.0 Å². The lowest BCUT2D eigenvalue weighted by Gasteiger charge is -2.36. The van der Waals surface area contributed by atoms with E-state index in [0.29, 0.717) is 31.7 Å². The van der Waals surface area contributed by atoms with Gasteiger partial charge < -0.3 is 9.80 Å². The van der Waals surface area contributed by atoms with Gasteiger partial charge in [0.2, 0.25) is 0 Å². The van der Waals surface area contributed by atoms with Crippen LogP contribution in [0.5, 0.6) is 0 Å². The van der Waals surface area contributed by atoms with E-state index in [9.17, 15) is 13.2 Å². The molecule has 2 aliphatic heterocycles. The molecule has 2 aliphatic rings. The van der Waals surface area contributed by atoms with E-state index in [1.165, 1.54) is 16.8 Å². The second-order valence-electron chi connectivity index (χ2n) is 8.19. The number of hydrogen-bond acceptors (Lipinski definition) is 5. The van der Waals surface area contributed by atoms with Crippen molar-refractivity contribution < 1.29 is 13.2 Å². The zero-order valence-electron chi connectivity index (χ0n) is 17.6. The number of piperazine rings is 1. The van der Waals surface area contributed by atoms with E-state index in [1.807, 2.05) is 4.90 Å². The lowest BCUT2D eigenvalue weighted by Crippen LogP contribution is -2.48. The van der Waals surface area contributed by atoms with Crippen LogP contribution in [-0.2, 0) is 10.0 Å². The lowest BCUT2D eigenvalue weighted by molar-refractivity contribution is 0.0725. The molecule has 3 heterocycles. The van der Waals surface area contributed by atoms with Gasteiger partial charge in [-0.15, -0.1) is 11.3 Å². The average Bonchev–Trinajstić information content (AvgIpc) is 3.27. The molecule has 0 bridgehead atoms. The average molecular weight is 448 g/mol. The molecule has 2 fully saturated rings. The highest BCUT2D eigenvalue weighted by Crippen LogP contribution is 2.28. The lowest BCUT2D eigenvalue weighted by atomic mass is 10.1. The van der Waals surface area contributed by atoms with E-state index in [2.05, 4.69) is 36.9 Å². The van der Waals surface area contributed by atoms with Crippen LogP contribution >= 0.6 is 11.3 Å². The summed E-state index contributed by atoms with van der Waals surface area (Å²) < 4.78 is 28.1. The highest BCUT2D eigenvalue weighted by Gasteiger charge is 2.31. The Balaban J connectivity index is 1.44. The van der Waals surface area contributed by atoms with Gasteiger partial charge in [-0.1, -0.05) is 12.1 Å². The molecule has 162 valence electrons. The predicted octanol–water partition coefficient (Wildman–Crippen LogP) is 3.50. The number of thiophene rings is 1. The maximum absolute atomic E-state index is 13.2. The van der Waals surface area contributed by atoms with Crippen molar-refractivity contribution >= 4 is 33.0 Å². The molecule has 1 amide bonds. The number of nitrogens with zero attached hydrogens (tertiary/aromatic N) is 3. The molecule has 0 unspecified atom stereocenters. The second kappa shape index (κ2) is 8.69. The van der Waals surface area contributed by atoms with Crippen LogP contribution in [0, 0.1) is 13.8 Å². The zero-order valence-corrected chi connectivity index (χ0v) is 19.3. The van der Waals surface area contributed by atoms with Crippen LogP contribution in [0.25, 0.3) is 0 Å². The number of anilines is 1. The maximum atomic E-state index is 13.2. The van der Waals surface area contributed by atoms with Crippen LogP contribution in [0.1, 0.15) is 40.7 Å². The number of piperidine rings is 1. The Bertz CT molecular complexity index is 1020. The number of carbonyl (C=O) groups is 1. The molecular formula is C22H29N3O3S2. The molecule has 0 radical (unpaired) electrons. The first kappa shape index (κ1) is 21.3. The fraction of sp³-hybridized carbons (Fsp3) is 0.500. The fourth-order valence-corrected chi connectivity index (χ4v) is 6.93. The predicted molar refractivity (Wildman–Crippen MR) is 121 cm³/mol. The molecule has 0 spiro atoms. The van der Waals surface area contributed by atoms with Gasteiger partial charge in [-0.3, -0.25) is 4.79 Å². The first-order valence-electron chi connectivity index (χ1n) is 10.6. The van der Waals surface area contributed by atoms with E-state index in [1.54, 1.807) is 15.8 Å². The molecule has 8 heteroatoms. The van der Waals surface area contributed by atoms with Gasteiger partial charge in [0, 0.05) is 50.3 Å². The molecule has 1 aromatic heterocycles. The number of likely N-dealkylation sites (tertiary alicyclic amines) is 1. The van der Waals surface area contributed by atoms with Crippen LogP contribution in [-0.4, -0.2) is 62.8 Å². The Kier molecular flexibility index (Phi) is 6.18. The van der Waals surface area contributed by atoms with Crippen LogP contribution in [0.4, 0.5) is 5.69 Å². The number of aryl methyl sites for hydroxylation is 2. The number of benzene rings is 1. The number of amides is 1. The molecule has 0 aliphatic carbocycles. The van der Waals surface area contributed by atoms with Crippen molar-refractivity contribution in [1.29, 1.82) is 0 Å². The van der Waals surface area contributed by atoms with Gasteiger partial charge in [0.05, 0.1) is 5.56 Å². The van der Waals surface area contributed by atoms with Gasteiger partial charge in [-0.25, -0.2) is 8.42 Å². The molecule has 6 nitrogen and oxygen atoms in total. The van der Waals surface area contributed by atoms with Crippen LogP contribution in [0.3, 0.4) is 0 Å². The van der Waals surface area contributed by atoms with Crippen LogP contribution in [0.15, 0.2) is 33.9 Å². The molecule has 2 aromatic rings. The summed E-state index contributed by atoms with van der Waals surface area (Å²) in [4.78, 5) is 16.8. The molecule has 4 rings (SSSR count). The smallest absolute Gasteiger partial charge is 0.254 e. The third-order valence-electron chi connectivity index (χ3n) is 6.00. The standard InChI is InChI=1S/C22H29N3O3S2/c1-17-6-7-18(2)20(14-17)23-10-12-25(13-11-23)30(27,28)21-15-19(16-29-21)22(26)24-8-4-3-5-9-24/h6-7,14-16H,3-5,8-13H2,1-2H3. The first-order chi connectivity index (χ1) is 14.4. The highest BCUT2D eigenvalue weighted by molar-refractivity contribution is 7.91. The number of carbonyl (C=O) groups excluding carboxylic acids is 1. The van der Waals surface area contributed by atoms with Crippen LogP contribution in [0.2, 0.25) is 0 Å². The van der Waals surface area contributed by atoms with Crippen molar-refractivity contribution in [3.63, 3.8) is 0 Å². The molecular weight excluding hydrogens is 418 g/mol. The van der Waals surface area contributed by atoms with Crippen LogP contribution < -0.4 is 4.90 Å². The minimum atomic E-state index is -3.57. The summed E-state index contributed by atoms with van der Waals surface area (Å²) in [5.74, 6) is -0.0489. The maximum Gasteiger partial charge on any atom is 0.254 e. The van der Waals surface area contributed by atoms with Gasteiger partial charge in [0.15, 0.2) is 0 Å². The Morgan fingerprint density at radius 2 is 1.63 bits per heavy atom. The quantitative estimate of drug-likeness (QED) is 0.720. The van der Waals surface area contributed by atoms with E-state index in [0.717, 1.165) is 43.7 Å². The third kappa shape index (κ3) is 4.26. The monoisotopic (exact) mass is 447 g/mol. The van der Waals surface area contributed by atoms with E-state index in [-0.39, 0.29) is 10.1 Å². The zero-order chi connectivity index (χ0) is 21.3. The van der Waals surface area contributed by atoms with Gasteiger partial charge >= 0.3 is 0 Å². The highest BCUT2D eigenvalue weighted by atomic mass is 32.2. The molecule has 0 atom stereocenters. The number of rotatable bonds is 4. The molecule has 30 heavy (non-hydrogen) atoms. The minimum Gasteiger partial charge on any atom is -0.369 e. The van der Waals surface area contributed by atoms with Crippen molar-refractivity contribution in [2.45, 2.75) is 37.3 Å².